The predicted octanol–water partition coefficient (Wildman–Crippen LogP) is -0.674. The zero-order chi connectivity index (χ0) is 10.1. The van der Waals surface area contributed by atoms with E-state index in [1.807, 2.05) is 0 Å². The third kappa shape index (κ3) is 2.82. The first kappa shape index (κ1) is 10.2. The number of aliphatic hydroxyl groups excluding tert-OH is 1. The van der Waals surface area contributed by atoms with Crippen molar-refractivity contribution in [1.29, 1.82) is 0 Å². The summed E-state index contributed by atoms with van der Waals surface area (Å²) in [5, 5.41) is 13.1. The summed E-state index contributed by atoms with van der Waals surface area (Å²) in [5.41, 5.74) is -0.628. The Balaban J connectivity index is 2.71. The van der Waals surface area contributed by atoms with Crippen molar-refractivity contribution in [2.24, 2.45) is 7.05 Å². The molecule has 5 nitrogen and oxygen atoms in total. The minimum absolute atomic E-state index is 0.0900. The summed E-state index contributed by atoms with van der Waals surface area (Å²) in [6, 6.07) is 0. The number of rotatable bonds is 3. The molecule has 0 aliphatic heterocycles. The highest BCUT2D eigenvalue weighted by atomic mass is 32.2. The van der Waals surface area contributed by atoms with Gasteiger partial charge < -0.3 is 5.11 Å². The number of sulfone groups is 1. The van der Waals surface area contributed by atoms with Crippen molar-refractivity contribution in [2.45, 2.75) is 11.9 Å². The lowest BCUT2D eigenvalue weighted by Gasteiger charge is -2.05. The predicted molar refractivity (Wildman–Crippen MR) is 47.8 cm³/mol. The second-order valence-corrected chi connectivity index (χ2v) is 5.21. The van der Waals surface area contributed by atoms with Crippen molar-refractivity contribution in [3.63, 3.8) is 0 Å². The van der Waals surface area contributed by atoms with Gasteiger partial charge in [0.05, 0.1) is 6.20 Å². The van der Waals surface area contributed by atoms with Crippen molar-refractivity contribution in [3.05, 3.63) is 18.0 Å². The zero-order valence-electron chi connectivity index (χ0n) is 7.51. The molecule has 0 amide bonds. The highest BCUT2D eigenvalue weighted by Gasteiger charge is 2.17. The lowest BCUT2D eigenvalue weighted by atomic mass is 10.3. The number of aryl methyl sites for hydroxylation is 1. The molecule has 0 aliphatic rings. The summed E-state index contributed by atoms with van der Waals surface area (Å²) in [6.07, 6.45) is 4.31. The highest BCUT2D eigenvalue weighted by molar-refractivity contribution is 7.91. The lowest BCUT2D eigenvalue weighted by molar-refractivity contribution is 0.250. The van der Waals surface area contributed by atoms with Crippen LogP contribution in [0.15, 0.2) is 12.4 Å². The van der Waals surface area contributed by atoms with Crippen molar-refractivity contribution < 1.29 is 13.5 Å². The maximum absolute atomic E-state index is 10.9. The Morgan fingerprint density at radius 2 is 2.31 bits per heavy atom. The van der Waals surface area contributed by atoms with Crippen LogP contribution in [0, 0.1) is 0 Å². The number of hydrogen-bond acceptors (Lipinski definition) is 4. The molecular formula is C7H12N2O3S. The van der Waals surface area contributed by atoms with Crippen molar-refractivity contribution in [2.75, 3.05) is 6.26 Å². The summed E-state index contributed by atoms with van der Waals surface area (Å²) in [4.78, 5) is 0. The minimum atomic E-state index is -3.37. The minimum Gasteiger partial charge on any atom is -0.377 e. The van der Waals surface area contributed by atoms with Crippen LogP contribution in [-0.2, 0) is 23.3 Å². The van der Waals surface area contributed by atoms with Gasteiger partial charge in [-0.05, 0) is 5.56 Å². The van der Waals surface area contributed by atoms with E-state index in [9.17, 15) is 13.5 Å². The van der Waals surface area contributed by atoms with Gasteiger partial charge in [-0.2, -0.15) is 5.10 Å². The molecule has 0 radical (unpaired) electrons. The molecule has 1 unspecified atom stereocenters. The Kier molecular flexibility index (Phi) is 2.72. The van der Waals surface area contributed by atoms with Crippen LogP contribution in [0.2, 0.25) is 0 Å². The van der Waals surface area contributed by atoms with E-state index in [2.05, 4.69) is 5.10 Å². The fraction of sp³-hybridized carbons (Fsp3) is 0.571. The van der Waals surface area contributed by atoms with Crippen molar-refractivity contribution in [3.8, 4) is 0 Å². The molecular weight excluding hydrogens is 192 g/mol. The Labute approximate surface area is 76.9 Å². The van der Waals surface area contributed by atoms with Crippen LogP contribution in [0.1, 0.15) is 5.56 Å². The van der Waals surface area contributed by atoms with E-state index in [4.69, 9.17) is 0 Å². The molecule has 13 heavy (non-hydrogen) atoms. The van der Waals surface area contributed by atoms with Crippen molar-refractivity contribution >= 4 is 9.84 Å². The summed E-state index contributed by atoms with van der Waals surface area (Å²) in [7, 11) is -1.64. The molecule has 0 aromatic carbocycles. The van der Waals surface area contributed by atoms with Crippen LogP contribution in [0.4, 0.5) is 0 Å². The average molecular weight is 204 g/mol. The summed E-state index contributed by atoms with van der Waals surface area (Å²) in [6.45, 7) is 0. The Morgan fingerprint density at radius 1 is 1.69 bits per heavy atom. The summed E-state index contributed by atoms with van der Waals surface area (Å²) in [5.74, 6) is 0. The second kappa shape index (κ2) is 3.47. The molecule has 1 rings (SSSR count). The van der Waals surface area contributed by atoms with E-state index >= 15 is 0 Å². The fourth-order valence-corrected chi connectivity index (χ4v) is 1.43. The SMILES string of the molecule is Cn1cc(CC(O)S(C)(=O)=O)cn1. The van der Waals surface area contributed by atoms with E-state index in [1.54, 1.807) is 17.9 Å². The van der Waals surface area contributed by atoms with Gasteiger partial charge in [-0.3, -0.25) is 4.68 Å². The van der Waals surface area contributed by atoms with Gasteiger partial charge in [0.1, 0.15) is 0 Å². The average Bonchev–Trinajstić information content (AvgIpc) is 2.33. The topological polar surface area (TPSA) is 72.2 Å². The first-order chi connectivity index (χ1) is 5.89. The largest absolute Gasteiger partial charge is 0.377 e. The van der Waals surface area contributed by atoms with E-state index in [0.29, 0.717) is 5.56 Å². The van der Waals surface area contributed by atoms with Crippen LogP contribution in [-0.4, -0.2) is 35.0 Å². The molecule has 0 aliphatic carbocycles. The van der Waals surface area contributed by atoms with Crippen molar-refractivity contribution in [1.82, 2.24) is 9.78 Å². The third-order valence-electron chi connectivity index (χ3n) is 1.66. The van der Waals surface area contributed by atoms with E-state index < -0.39 is 15.3 Å². The van der Waals surface area contributed by atoms with E-state index in [0.717, 1.165) is 6.26 Å². The molecule has 74 valence electrons. The molecule has 1 aromatic rings. The fourth-order valence-electron chi connectivity index (χ4n) is 0.930. The molecule has 0 bridgehead atoms. The van der Waals surface area contributed by atoms with Gasteiger partial charge in [-0.1, -0.05) is 0 Å². The van der Waals surface area contributed by atoms with Gasteiger partial charge in [0.2, 0.25) is 0 Å². The third-order valence-corrected chi connectivity index (χ3v) is 2.82. The highest BCUT2D eigenvalue weighted by Crippen LogP contribution is 2.05. The summed E-state index contributed by atoms with van der Waals surface area (Å²) < 4.78 is 23.3. The molecule has 1 heterocycles. The van der Waals surface area contributed by atoms with Crippen LogP contribution in [0.25, 0.3) is 0 Å². The summed E-state index contributed by atoms with van der Waals surface area (Å²) >= 11 is 0. The molecule has 1 aromatic heterocycles. The van der Waals surface area contributed by atoms with Gasteiger partial charge in [-0.15, -0.1) is 0 Å². The van der Waals surface area contributed by atoms with Crippen LogP contribution >= 0.6 is 0 Å². The number of hydrogen-bond donors (Lipinski definition) is 1. The standard InChI is InChI=1S/C7H12N2O3S/c1-9-5-6(4-8-9)3-7(10)13(2,11)12/h4-5,7,10H,3H2,1-2H3. The van der Waals surface area contributed by atoms with Crippen LogP contribution in [0.5, 0.6) is 0 Å². The second-order valence-electron chi connectivity index (χ2n) is 3.01. The van der Waals surface area contributed by atoms with Gasteiger partial charge in [0.25, 0.3) is 0 Å². The molecule has 0 fully saturated rings. The van der Waals surface area contributed by atoms with Crippen LogP contribution in [0.3, 0.4) is 0 Å². The van der Waals surface area contributed by atoms with Gasteiger partial charge in [0.15, 0.2) is 15.3 Å². The molecule has 1 N–H and O–H groups in total. The molecule has 1 atom stereocenters. The lowest BCUT2D eigenvalue weighted by Crippen LogP contribution is -2.21. The smallest absolute Gasteiger partial charge is 0.174 e. The Hall–Kier alpha value is -0.880. The molecule has 0 spiro atoms. The maximum atomic E-state index is 10.9. The Bertz CT molecular complexity index is 382. The van der Waals surface area contributed by atoms with E-state index in [-0.39, 0.29) is 6.42 Å². The first-order valence-corrected chi connectivity index (χ1v) is 5.69. The van der Waals surface area contributed by atoms with Gasteiger partial charge in [0, 0.05) is 25.9 Å². The number of nitrogens with zero attached hydrogens (tertiary/aromatic N) is 2. The quantitative estimate of drug-likeness (QED) is 0.708. The van der Waals surface area contributed by atoms with Gasteiger partial charge in [-0.25, -0.2) is 8.42 Å². The number of aromatic nitrogens is 2. The zero-order valence-corrected chi connectivity index (χ0v) is 8.32. The number of aliphatic hydroxyl groups is 1. The van der Waals surface area contributed by atoms with Crippen LogP contribution < -0.4 is 0 Å². The maximum Gasteiger partial charge on any atom is 0.174 e. The van der Waals surface area contributed by atoms with Gasteiger partial charge >= 0.3 is 0 Å². The first-order valence-electron chi connectivity index (χ1n) is 3.74. The molecule has 0 saturated heterocycles. The molecule has 6 heteroatoms. The Morgan fingerprint density at radius 3 is 2.69 bits per heavy atom. The van der Waals surface area contributed by atoms with E-state index in [1.165, 1.54) is 6.20 Å². The monoisotopic (exact) mass is 204 g/mol. The normalized spacial score (nSPS) is 14.4. The molecule has 0 saturated carbocycles.